The van der Waals surface area contributed by atoms with Crippen molar-refractivity contribution in [1.82, 2.24) is 14.8 Å². The number of aromatic nitrogens is 3. The van der Waals surface area contributed by atoms with E-state index in [1.165, 1.54) is 16.0 Å². The molecule has 0 fully saturated rings. The van der Waals surface area contributed by atoms with Gasteiger partial charge in [-0.05, 0) is 38.5 Å². The largest absolute Gasteiger partial charge is 0.442 e. The molecule has 0 radical (unpaired) electrons. The fourth-order valence-corrected chi connectivity index (χ4v) is 2.63. The number of carbonyl (C=O) groups is 1. The van der Waals surface area contributed by atoms with Crippen LogP contribution >= 0.6 is 11.3 Å². The summed E-state index contributed by atoms with van der Waals surface area (Å²) in [6, 6.07) is 5.52. The van der Waals surface area contributed by atoms with Crippen molar-refractivity contribution in [3.63, 3.8) is 0 Å². The molecule has 0 saturated heterocycles. The molecule has 2 heterocycles. The van der Waals surface area contributed by atoms with Crippen molar-refractivity contribution in [2.45, 2.75) is 26.4 Å². The molecule has 3 N–H and O–H groups in total. The van der Waals surface area contributed by atoms with E-state index in [4.69, 9.17) is 10.5 Å². The second kappa shape index (κ2) is 6.52. The number of ether oxygens (including phenoxy) is 1. The van der Waals surface area contributed by atoms with E-state index in [1.54, 1.807) is 23.9 Å². The first kappa shape index (κ1) is 16.9. The molecule has 3 aromatic rings. The van der Waals surface area contributed by atoms with Gasteiger partial charge in [-0.3, -0.25) is 5.43 Å². The first-order valence-corrected chi connectivity index (χ1v) is 8.41. The maximum absolute atomic E-state index is 12.2. The van der Waals surface area contributed by atoms with Gasteiger partial charge in [0.05, 0.1) is 17.9 Å². The lowest BCUT2D eigenvalue weighted by Crippen LogP contribution is -2.27. The summed E-state index contributed by atoms with van der Waals surface area (Å²) < 4.78 is 6.59. The number of hydrogen-bond acceptors (Lipinski definition) is 8. The summed E-state index contributed by atoms with van der Waals surface area (Å²) in [6.07, 6.45) is 2.76. The van der Waals surface area contributed by atoms with Crippen molar-refractivity contribution in [2.24, 2.45) is 5.10 Å². The fourth-order valence-electron chi connectivity index (χ4n) is 2.08. The Kier molecular flexibility index (Phi) is 4.41. The van der Waals surface area contributed by atoms with Crippen LogP contribution in [0.2, 0.25) is 0 Å². The molecule has 130 valence electrons. The lowest BCUT2D eigenvalue weighted by atomic mass is 10.2. The summed E-state index contributed by atoms with van der Waals surface area (Å²) in [6.45, 7) is 5.44. The molecule has 0 saturated carbocycles. The number of hydrazone groups is 1. The molecule has 9 heteroatoms. The number of nitrogens with one attached hydrogen (secondary N) is 1. The van der Waals surface area contributed by atoms with Gasteiger partial charge in [-0.15, -0.1) is 11.3 Å². The Hall–Kier alpha value is -2.94. The lowest BCUT2D eigenvalue weighted by molar-refractivity contribution is 0.0523. The monoisotopic (exact) mass is 358 g/mol. The number of anilines is 2. The van der Waals surface area contributed by atoms with Crippen molar-refractivity contribution in [3.8, 4) is 0 Å². The molecule has 8 nitrogen and oxygen atoms in total. The van der Waals surface area contributed by atoms with Crippen LogP contribution in [0.4, 0.5) is 15.7 Å². The van der Waals surface area contributed by atoms with Crippen molar-refractivity contribution in [1.29, 1.82) is 0 Å². The Bertz CT molecular complexity index is 938. The van der Waals surface area contributed by atoms with Gasteiger partial charge in [0.2, 0.25) is 5.13 Å². The maximum atomic E-state index is 12.2. The first-order valence-electron chi connectivity index (χ1n) is 7.53. The zero-order valence-electron chi connectivity index (χ0n) is 14.1. The number of thiazole rings is 1. The van der Waals surface area contributed by atoms with Crippen LogP contribution in [0.1, 0.15) is 26.3 Å². The molecule has 0 atom stereocenters. The number of rotatable bonds is 3. The Balaban J connectivity index is 1.76. The topological polar surface area (TPSA) is 107 Å². The van der Waals surface area contributed by atoms with Crippen LogP contribution in [0.5, 0.6) is 0 Å². The number of nitrogens with two attached hydrogens (primary N) is 1. The highest BCUT2D eigenvalue weighted by atomic mass is 32.1. The molecule has 0 bridgehead atoms. The molecule has 0 unspecified atom stereocenters. The van der Waals surface area contributed by atoms with Crippen molar-refractivity contribution >= 4 is 45.5 Å². The highest BCUT2D eigenvalue weighted by Gasteiger charge is 2.19. The summed E-state index contributed by atoms with van der Waals surface area (Å²) in [4.78, 5) is 16.2. The van der Waals surface area contributed by atoms with Gasteiger partial charge < -0.3 is 10.5 Å². The van der Waals surface area contributed by atoms with E-state index < -0.39 is 11.7 Å². The number of nitrogens with zero attached hydrogens (tertiary/aromatic N) is 4. The summed E-state index contributed by atoms with van der Waals surface area (Å²) in [5.74, 6) is 0.457. The van der Waals surface area contributed by atoms with Gasteiger partial charge in [0.25, 0.3) is 0 Å². The van der Waals surface area contributed by atoms with E-state index in [-0.39, 0.29) is 0 Å². The third-order valence-electron chi connectivity index (χ3n) is 3.05. The minimum Gasteiger partial charge on any atom is -0.442 e. The summed E-state index contributed by atoms with van der Waals surface area (Å²) in [5.41, 5.74) is 9.31. The molecule has 1 aromatic carbocycles. The number of benzene rings is 1. The number of hydrogen-bond donors (Lipinski definition) is 2. The van der Waals surface area contributed by atoms with E-state index in [0.717, 1.165) is 10.9 Å². The third kappa shape index (κ3) is 4.13. The van der Waals surface area contributed by atoms with Gasteiger partial charge in [0.15, 0.2) is 0 Å². The molecule has 0 aliphatic rings. The molecule has 0 spiro atoms. The molecular formula is C16H18N6O2S. The predicted octanol–water partition coefficient (Wildman–Crippen LogP) is 3.30. The number of fused-ring (bicyclic) bond motifs is 1. The quantitative estimate of drug-likeness (QED) is 0.549. The normalized spacial score (nSPS) is 12.0. The first-order chi connectivity index (χ1) is 11.8. The van der Waals surface area contributed by atoms with E-state index in [2.05, 4.69) is 20.6 Å². The van der Waals surface area contributed by atoms with E-state index in [1.807, 2.05) is 32.9 Å². The Labute approximate surface area is 148 Å². The van der Waals surface area contributed by atoms with Gasteiger partial charge in [-0.25, -0.2) is 9.78 Å². The molecule has 3 rings (SSSR count). The summed E-state index contributed by atoms with van der Waals surface area (Å²) >= 11 is 1.37. The van der Waals surface area contributed by atoms with Crippen LogP contribution in [0, 0.1) is 0 Å². The highest BCUT2D eigenvalue weighted by molar-refractivity contribution is 7.14. The Morgan fingerprint density at radius 3 is 2.92 bits per heavy atom. The molecule has 25 heavy (non-hydrogen) atoms. The smallest absolute Gasteiger partial charge is 0.435 e. The summed E-state index contributed by atoms with van der Waals surface area (Å²) in [5, 5.41) is 11.4. The van der Waals surface area contributed by atoms with E-state index >= 15 is 0 Å². The third-order valence-corrected chi connectivity index (χ3v) is 3.82. The van der Waals surface area contributed by atoms with Crippen LogP contribution < -0.4 is 11.2 Å². The standard InChI is InChI=1S/C16H18N6O2S/c1-16(2,3)24-15(23)22-12-5-4-10(6-11(12)8-19-22)7-18-21-14-20-13(17)9-25-14/h4-9H,17H2,1-3H3,(H,20,21). The van der Waals surface area contributed by atoms with Crippen molar-refractivity contribution in [2.75, 3.05) is 11.2 Å². The SMILES string of the molecule is CC(C)(C)OC(=O)n1ncc2cc(C=NNc3nc(N)cs3)ccc21. The zero-order valence-corrected chi connectivity index (χ0v) is 14.9. The average molecular weight is 358 g/mol. The molecule has 0 aliphatic carbocycles. The Morgan fingerprint density at radius 1 is 1.44 bits per heavy atom. The molecule has 0 amide bonds. The van der Waals surface area contributed by atoms with E-state index in [0.29, 0.717) is 16.5 Å². The van der Waals surface area contributed by atoms with Crippen LogP contribution in [0.3, 0.4) is 0 Å². The average Bonchev–Trinajstić information content (AvgIpc) is 3.11. The van der Waals surface area contributed by atoms with Gasteiger partial charge in [0, 0.05) is 10.8 Å². The number of carbonyl (C=O) groups excluding carboxylic acids is 1. The van der Waals surface area contributed by atoms with Gasteiger partial charge >= 0.3 is 6.09 Å². The second-order valence-electron chi connectivity index (χ2n) is 6.30. The summed E-state index contributed by atoms with van der Waals surface area (Å²) in [7, 11) is 0. The van der Waals surface area contributed by atoms with Crippen molar-refractivity contribution < 1.29 is 9.53 Å². The highest BCUT2D eigenvalue weighted by Crippen LogP contribution is 2.18. The van der Waals surface area contributed by atoms with Crippen molar-refractivity contribution in [3.05, 3.63) is 35.3 Å². The molecule has 0 aliphatic heterocycles. The van der Waals surface area contributed by atoms with Crippen LogP contribution in [0.25, 0.3) is 10.9 Å². The minimum absolute atomic E-state index is 0.457. The van der Waals surface area contributed by atoms with Crippen LogP contribution in [-0.4, -0.2) is 32.7 Å². The van der Waals surface area contributed by atoms with Gasteiger partial charge in [-0.1, -0.05) is 6.07 Å². The minimum atomic E-state index is -0.577. The second-order valence-corrected chi connectivity index (χ2v) is 7.16. The maximum Gasteiger partial charge on any atom is 0.435 e. The molecular weight excluding hydrogens is 340 g/mol. The fraction of sp³-hybridized carbons (Fsp3) is 0.250. The van der Waals surface area contributed by atoms with Gasteiger partial charge in [0.1, 0.15) is 11.4 Å². The van der Waals surface area contributed by atoms with Crippen LogP contribution in [0.15, 0.2) is 34.9 Å². The predicted molar refractivity (Wildman–Crippen MR) is 99.1 cm³/mol. The lowest BCUT2D eigenvalue weighted by Gasteiger charge is -2.19. The van der Waals surface area contributed by atoms with E-state index in [9.17, 15) is 4.79 Å². The number of nitrogen functional groups attached to an aromatic ring is 1. The zero-order chi connectivity index (χ0) is 18.0. The Morgan fingerprint density at radius 2 is 2.24 bits per heavy atom. The van der Waals surface area contributed by atoms with Crippen LogP contribution in [-0.2, 0) is 4.74 Å². The van der Waals surface area contributed by atoms with Gasteiger partial charge in [-0.2, -0.15) is 14.9 Å². The molecule has 2 aromatic heterocycles.